The number of fused-ring (bicyclic) bond motifs is 1. The lowest BCUT2D eigenvalue weighted by atomic mass is 10.1. The van der Waals surface area contributed by atoms with E-state index in [2.05, 4.69) is 5.32 Å². The Kier molecular flexibility index (Phi) is 5.83. The van der Waals surface area contributed by atoms with E-state index >= 15 is 0 Å². The highest BCUT2D eigenvalue weighted by atomic mass is 32.1. The summed E-state index contributed by atoms with van der Waals surface area (Å²) in [4.78, 5) is 38.9. The van der Waals surface area contributed by atoms with Crippen molar-refractivity contribution < 1.29 is 18.7 Å². The molecule has 1 amide bonds. The van der Waals surface area contributed by atoms with Crippen molar-refractivity contribution >= 4 is 39.1 Å². The molecule has 3 rings (SSSR count). The van der Waals surface area contributed by atoms with Crippen molar-refractivity contribution in [3.05, 3.63) is 62.0 Å². The minimum Gasteiger partial charge on any atom is -0.462 e. The molecule has 152 valence electrons. The molecule has 0 saturated heterocycles. The van der Waals surface area contributed by atoms with Gasteiger partial charge in [-0.2, -0.15) is 0 Å². The van der Waals surface area contributed by atoms with Gasteiger partial charge in [-0.25, -0.2) is 9.18 Å². The molecule has 0 aliphatic carbocycles. The Morgan fingerprint density at radius 2 is 1.97 bits per heavy atom. The van der Waals surface area contributed by atoms with E-state index in [1.54, 1.807) is 18.4 Å². The Hall–Kier alpha value is -3.00. The Morgan fingerprint density at radius 1 is 1.24 bits per heavy atom. The first-order valence-electron chi connectivity index (χ1n) is 9.19. The van der Waals surface area contributed by atoms with Gasteiger partial charge >= 0.3 is 5.97 Å². The van der Waals surface area contributed by atoms with Crippen LogP contribution in [-0.2, 0) is 11.3 Å². The van der Waals surface area contributed by atoms with E-state index in [0.29, 0.717) is 17.1 Å². The van der Waals surface area contributed by atoms with Crippen LogP contribution in [0.2, 0.25) is 0 Å². The molecule has 6 nitrogen and oxygen atoms in total. The van der Waals surface area contributed by atoms with E-state index in [9.17, 15) is 18.8 Å². The van der Waals surface area contributed by atoms with E-state index in [4.69, 9.17) is 4.74 Å². The molecule has 8 heteroatoms. The molecular formula is C21H21FN2O4S. The Bertz CT molecular complexity index is 1180. The molecule has 0 aliphatic rings. The van der Waals surface area contributed by atoms with Crippen LogP contribution < -0.4 is 10.7 Å². The lowest BCUT2D eigenvalue weighted by Gasteiger charge is -2.12. The summed E-state index contributed by atoms with van der Waals surface area (Å²) in [5, 5.41) is 3.12. The number of carbonyl (C=O) groups is 2. The molecule has 0 atom stereocenters. The summed E-state index contributed by atoms with van der Waals surface area (Å²) < 4.78 is 20.5. The largest absolute Gasteiger partial charge is 0.462 e. The molecule has 0 radical (unpaired) electrons. The van der Waals surface area contributed by atoms with Crippen molar-refractivity contribution in [2.45, 2.75) is 34.2 Å². The quantitative estimate of drug-likeness (QED) is 0.630. The van der Waals surface area contributed by atoms with E-state index < -0.39 is 23.1 Å². The number of anilines is 1. The van der Waals surface area contributed by atoms with Crippen molar-refractivity contribution in [3.63, 3.8) is 0 Å². The Labute approximate surface area is 170 Å². The third kappa shape index (κ3) is 3.80. The van der Waals surface area contributed by atoms with Gasteiger partial charge in [0.1, 0.15) is 16.4 Å². The molecule has 1 N–H and O–H groups in total. The highest BCUT2D eigenvalue weighted by Gasteiger charge is 2.24. The number of nitrogens with one attached hydrogen (secondary N) is 1. The van der Waals surface area contributed by atoms with Crippen LogP contribution in [0.3, 0.4) is 0 Å². The number of thiophene rings is 1. The van der Waals surface area contributed by atoms with E-state index in [0.717, 1.165) is 16.5 Å². The number of hydrogen-bond donors (Lipinski definition) is 1. The maximum atomic E-state index is 13.7. The highest BCUT2D eigenvalue weighted by Crippen LogP contribution is 2.33. The number of halogens is 1. The van der Waals surface area contributed by atoms with Gasteiger partial charge in [0.2, 0.25) is 5.43 Å². The van der Waals surface area contributed by atoms with Gasteiger partial charge in [0, 0.05) is 23.0 Å². The summed E-state index contributed by atoms with van der Waals surface area (Å²) in [7, 11) is 0. The van der Waals surface area contributed by atoms with Gasteiger partial charge < -0.3 is 14.6 Å². The van der Waals surface area contributed by atoms with Gasteiger partial charge in [0.25, 0.3) is 5.91 Å². The number of ether oxygens (including phenoxy) is 1. The number of aromatic nitrogens is 1. The molecule has 0 bridgehead atoms. The molecule has 3 aromatic rings. The Morgan fingerprint density at radius 3 is 2.62 bits per heavy atom. The van der Waals surface area contributed by atoms with E-state index in [-0.39, 0.29) is 23.1 Å². The number of benzene rings is 1. The van der Waals surface area contributed by atoms with Gasteiger partial charge in [-0.3, -0.25) is 9.59 Å². The molecule has 2 aromatic heterocycles. The fraction of sp³-hybridized carbons (Fsp3) is 0.286. The highest BCUT2D eigenvalue weighted by molar-refractivity contribution is 7.16. The third-order valence-corrected chi connectivity index (χ3v) is 5.84. The maximum absolute atomic E-state index is 13.7. The number of rotatable bonds is 5. The summed E-state index contributed by atoms with van der Waals surface area (Å²) in [6.45, 7) is 7.87. The van der Waals surface area contributed by atoms with Crippen LogP contribution in [0.5, 0.6) is 0 Å². The zero-order chi connectivity index (χ0) is 21.3. The summed E-state index contributed by atoms with van der Waals surface area (Å²) >= 11 is 1.24. The zero-order valence-corrected chi connectivity index (χ0v) is 17.4. The van der Waals surface area contributed by atoms with Gasteiger partial charge in [0.15, 0.2) is 0 Å². The lowest BCUT2D eigenvalue weighted by molar-refractivity contribution is 0.0527. The van der Waals surface area contributed by atoms with Gasteiger partial charge in [-0.05, 0) is 51.5 Å². The molecule has 0 fully saturated rings. The topological polar surface area (TPSA) is 77.4 Å². The number of hydrogen-bond acceptors (Lipinski definition) is 5. The molecule has 29 heavy (non-hydrogen) atoms. The Balaban J connectivity index is 2.08. The van der Waals surface area contributed by atoms with E-state index in [1.165, 1.54) is 29.7 Å². The van der Waals surface area contributed by atoms with Crippen molar-refractivity contribution in [2.24, 2.45) is 0 Å². The van der Waals surface area contributed by atoms with Crippen LogP contribution in [-0.4, -0.2) is 23.1 Å². The number of aryl methyl sites for hydroxylation is 2. The minimum atomic E-state index is -0.657. The average Bonchev–Trinajstić information content (AvgIpc) is 2.96. The van der Waals surface area contributed by atoms with Crippen molar-refractivity contribution in [3.8, 4) is 0 Å². The average molecular weight is 416 g/mol. The first kappa shape index (κ1) is 20.7. The third-order valence-electron chi connectivity index (χ3n) is 4.72. The summed E-state index contributed by atoms with van der Waals surface area (Å²) in [5.74, 6) is -1.74. The molecular weight excluding hydrogens is 395 g/mol. The first-order chi connectivity index (χ1) is 13.8. The molecule has 0 spiro atoms. The second kappa shape index (κ2) is 8.16. The van der Waals surface area contributed by atoms with Crippen LogP contribution >= 0.6 is 11.3 Å². The number of esters is 1. The molecule has 2 heterocycles. The zero-order valence-electron chi connectivity index (χ0n) is 16.6. The summed E-state index contributed by atoms with van der Waals surface area (Å²) in [6.07, 6.45) is 1.45. The standard InChI is InChI=1S/C21H21FN2O4S/c1-5-24-10-15(18(25)14-9-13(22)7-8-16(14)24)19(26)23-20-17(21(27)28-6-2)11(3)12(4)29-20/h7-10H,5-6H2,1-4H3,(H,23,26). The number of nitrogens with zero attached hydrogens (tertiary/aromatic N) is 1. The SMILES string of the molecule is CCOC(=O)c1c(NC(=O)c2cn(CC)c3ccc(F)cc3c2=O)sc(C)c1C. The lowest BCUT2D eigenvalue weighted by Crippen LogP contribution is -2.24. The second-order valence-corrected chi connectivity index (χ2v) is 7.71. The first-order valence-corrected chi connectivity index (χ1v) is 10.0. The number of carbonyl (C=O) groups excluding carboxylic acids is 2. The minimum absolute atomic E-state index is 0.122. The maximum Gasteiger partial charge on any atom is 0.341 e. The fourth-order valence-electron chi connectivity index (χ4n) is 3.13. The van der Waals surface area contributed by atoms with Crippen molar-refractivity contribution in [2.75, 3.05) is 11.9 Å². The predicted molar refractivity (Wildman–Crippen MR) is 112 cm³/mol. The monoisotopic (exact) mass is 416 g/mol. The molecule has 0 aliphatic heterocycles. The fourth-order valence-corrected chi connectivity index (χ4v) is 4.17. The van der Waals surface area contributed by atoms with Crippen molar-refractivity contribution in [1.29, 1.82) is 0 Å². The second-order valence-electron chi connectivity index (χ2n) is 6.48. The van der Waals surface area contributed by atoms with Crippen LogP contribution in [0.15, 0.2) is 29.2 Å². The summed E-state index contributed by atoms with van der Waals surface area (Å²) in [5.41, 5.74) is 0.860. The van der Waals surface area contributed by atoms with Crippen LogP contribution in [0.1, 0.15) is 45.0 Å². The van der Waals surface area contributed by atoms with Crippen LogP contribution in [0.25, 0.3) is 10.9 Å². The predicted octanol–water partition coefficient (Wildman–Crippen LogP) is 4.27. The normalized spacial score (nSPS) is 10.9. The van der Waals surface area contributed by atoms with Crippen molar-refractivity contribution in [1.82, 2.24) is 4.57 Å². The van der Waals surface area contributed by atoms with Crippen LogP contribution in [0, 0.1) is 19.7 Å². The molecule has 0 unspecified atom stereocenters. The smallest absolute Gasteiger partial charge is 0.341 e. The summed E-state index contributed by atoms with van der Waals surface area (Å²) in [6, 6.07) is 3.92. The van der Waals surface area contributed by atoms with E-state index in [1.807, 2.05) is 13.8 Å². The number of pyridine rings is 1. The number of amides is 1. The molecule has 1 aromatic carbocycles. The van der Waals surface area contributed by atoms with Gasteiger partial charge in [-0.1, -0.05) is 0 Å². The van der Waals surface area contributed by atoms with Crippen LogP contribution in [0.4, 0.5) is 9.39 Å². The van der Waals surface area contributed by atoms with Gasteiger partial charge in [0.05, 0.1) is 17.7 Å². The molecule has 0 saturated carbocycles. The van der Waals surface area contributed by atoms with Gasteiger partial charge in [-0.15, -0.1) is 11.3 Å².